The highest BCUT2D eigenvalue weighted by Crippen LogP contribution is 2.33. The highest BCUT2D eigenvalue weighted by molar-refractivity contribution is 6.21. The Bertz CT molecular complexity index is 116. The number of hydrogen-bond donors (Lipinski definition) is 0. The Hall–Kier alpha value is 0.250. The van der Waals surface area contributed by atoms with Gasteiger partial charge in [0.2, 0.25) is 0 Å². The topological polar surface area (TPSA) is 12.5 Å². The maximum Gasteiger partial charge on any atom is 0.100 e. The summed E-state index contributed by atoms with van der Waals surface area (Å²) in [4.78, 5) is 0. The molecule has 1 heterocycles. The van der Waals surface area contributed by atoms with Gasteiger partial charge < -0.3 is 4.74 Å². The van der Waals surface area contributed by atoms with Crippen LogP contribution in [0.4, 0.5) is 0 Å². The van der Waals surface area contributed by atoms with E-state index < -0.39 is 0 Å². The average Bonchev–Trinajstić information content (AvgIpc) is 2.78. The molecule has 1 aliphatic heterocycles. The molecule has 1 aliphatic rings. The zero-order valence-electron chi connectivity index (χ0n) is 7.35. The van der Waals surface area contributed by atoms with Crippen LogP contribution >= 0.6 is 11.6 Å². The molecule has 0 aliphatic carbocycles. The van der Waals surface area contributed by atoms with Gasteiger partial charge in [0.05, 0.1) is 11.5 Å². The molecular weight excluding hydrogens is 160 g/mol. The van der Waals surface area contributed by atoms with Crippen molar-refractivity contribution in [2.45, 2.75) is 57.1 Å². The van der Waals surface area contributed by atoms with Gasteiger partial charge in [0.1, 0.15) is 6.10 Å². The van der Waals surface area contributed by atoms with Crippen LogP contribution in [-0.2, 0) is 4.74 Å². The molecule has 0 bridgehead atoms. The second-order valence-electron chi connectivity index (χ2n) is 3.21. The standard InChI is InChI=1S/C9H17ClO/c1-3-5-6-7(10)9-8(4-2)11-9/h7-9H,3-6H2,1-2H3. The van der Waals surface area contributed by atoms with Crippen LogP contribution in [-0.4, -0.2) is 17.6 Å². The molecule has 0 radical (unpaired) electrons. The first-order chi connectivity index (χ1) is 5.29. The fraction of sp³-hybridized carbons (Fsp3) is 1.00. The molecule has 0 aromatic rings. The molecule has 0 amide bonds. The lowest BCUT2D eigenvalue weighted by Crippen LogP contribution is -2.09. The molecule has 11 heavy (non-hydrogen) atoms. The monoisotopic (exact) mass is 176 g/mol. The summed E-state index contributed by atoms with van der Waals surface area (Å²) in [5.41, 5.74) is 0. The number of halogens is 1. The van der Waals surface area contributed by atoms with E-state index in [1.165, 1.54) is 12.8 Å². The number of rotatable bonds is 5. The quantitative estimate of drug-likeness (QED) is 0.464. The fourth-order valence-electron chi connectivity index (χ4n) is 1.37. The van der Waals surface area contributed by atoms with Crippen LogP contribution in [0.3, 0.4) is 0 Å². The number of epoxide rings is 1. The first-order valence-corrected chi connectivity index (χ1v) is 5.02. The van der Waals surface area contributed by atoms with Gasteiger partial charge in [-0.1, -0.05) is 26.7 Å². The SMILES string of the molecule is CCCCC(Cl)C1OC1CC. The van der Waals surface area contributed by atoms with Gasteiger partial charge in [0.15, 0.2) is 0 Å². The lowest BCUT2D eigenvalue weighted by Gasteiger charge is -2.03. The second-order valence-corrected chi connectivity index (χ2v) is 3.77. The third kappa shape index (κ3) is 2.64. The summed E-state index contributed by atoms with van der Waals surface area (Å²) in [6.45, 7) is 4.34. The van der Waals surface area contributed by atoms with E-state index in [4.69, 9.17) is 16.3 Å². The van der Waals surface area contributed by atoms with E-state index >= 15 is 0 Å². The van der Waals surface area contributed by atoms with Crippen LogP contribution in [0.15, 0.2) is 0 Å². The number of ether oxygens (including phenoxy) is 1. The summed E-state index contributed by atoms with van der Waals surface area (Å²) in [6, 6.07) is 0. The van der Waals surface area contributed by atoms with Crippen molar-refractivity contribution in [3.8, 4) is 0 Å². The third-order valence-corrected chi connectivity index (χ3v) is 2.68. The lowest BCUT2D eigenvalue weighted by molar-refractivity contribution is 0.357. The minimum absolute atomic E-state index is 0.264. The van der Waals surface area contributed by atoms with E-state index in [1.807, 2.05) is 0 Å². The van der Waals surface area contributed by atoms with E-state index in [0.717, 1.165) is 12.8 Å². The zero-order chi connectivity index (χ0) is 8.27. The third-order valence-electron chi connectivity index (χ3n) is 2.21. The highest BCUT2D eigenvalue weighted by Gasteiger charge is 2.41. The van der Waals surface area contributed by atoms with E-state index in [2.05, 4.69) is 13.8 Å². The largest absolute Gasteiger partial charge is 0.368 e. The molecule has 3 unspecified atom stereocenters. The minimum atomic E-state index is 0.264. The first kappa shape index (κ1) is 9.34. The summed E-state index contributed by atoms with van der Waals surface area (Å²) >= 11 is 6.11. The van der Waals surface area contributed by atoms with E-state index in [1.54, 1.807) is 0 Å². The van der Waals surface area contributed by atoms with Crippen molar-refractivity contribution in [3.63, 3.8) is 0 Å². The summed E-state index contributed by atoms with van der Waals surface area (Å²) in [5.74, 6) is 0. The van der Waals surface area contributed by atoms with Gasteiger partial charge in [0.25, 0.3) is 0 Å². The summed E-state index contributed by atoms with van der Waals surface area (Å²) in [7, 11) is 0. The fourth-order valence-corrected chi connectivity index (χ4v) is 1.74. The molecule has 1 rings (SSSR count). The molecule has 1 saturated heterocycles. The molecule has 0 spiro atoms. The first-order valence-electron chi connectivity index (χ1n) is 4.59. The summed E-state index contributed by atoms with van der Waals surface area (Å²) in [6.07, 6.45) is 5.51. The molecule has 66 valence electrons. The molecule has 3 atom stereocenters. The summed E-state index contributed by atoms with van der Waals surface area (Å²) < 4.78 is 5.39. The van der Waals surface area contributed by atoms with Crippen LogP contribution in [0, 0.1) is 0 Å². The van der Waals surface area contributed by atoms with Crippen LogP contribution in [0.1, 0.15) is 39.5 Å². The van der Waals surface area contributed by atoms with Crippen molar-refractivity contribution in [1.82, 2.24) is 0 Å². The van der Waals surface area contributed by atoms with Crippen LogP contribution in [0.2, 0.25) is 0 Å². The lowest BCUT2D eigenvalue weighted by atomic mass is 10.1. The molecule has 2 heteroatoms. The number of hydrogen-bond acceptors (Lipinski definition) is 1. The molecule has 1 nitrogen and oxygen atoms in total. The van der Waals surface area contributed by atoms with Gasteiger partial charge in [0, 0.05) is 0 Å². The number of alkyl halides is 1. The highest BCUT2D eigenvalue weighted by atomic mass is 35.5. The van der Waals surface area contributed by atoms with Crippen LogP contribution in [0.5, 0.6) is 0 Å². The Morgan fingerprint density at radius 3 is 2.64 bits per heavy atom. The average molecular weight is 177 g/mol. The molecule has 0 aromatic heterocycles. The van der Waals surface area contributed by atoms with Gasteiger partial charge in [-0.3, -0.25) is 0 Å². The smallest absolute Gasteiger partial charge is 0.100 e. The maximum atomic E-state index is 6.11. The van der Waals surface area contributed by atoms with Crippen molar-refractivity contribution < 1.29 is 4.74 Å². The van der Waals surface area contributed by atoms with Gasteiger partial charge in [-0.25, -0.2) is 0 Å². The van der Waals surface area contributed by atoms with Gasteiger partial charge >= 0.3 is 0 Å². The van der Waals surface area contributed by atoms with Crippen molar-refractivity contribution in [2.75, 3.05) is 0 Å². The maximum absolute atomic E-state index is 6.11. The Morgan fingerprint density at radius 2 is 2.18 bits per heavy atom. The van der Waals surface area contributed by atoms with E-state index in [-0.39, 0.29) is 5.38 Å². The van der Waals surface area contributed by atoms with E-state index in [0.29, 0.717) is 12.2 Å². The summed E-state index contributed by atoms with van der Waals surface area (Å²) in [5, 5.41) is 0.264. The predicted molar refractivity (Wildman–Crippen MR) is 48.1 cm³/mol. The van der Waals surface area contributed by atoms with Crippen molar-refractivity contribution in [3.05, 3.63) is 0 Å². The molecule has 0 saturated carbocycles. The molecule has 0 N–H and O–H groups in total. The van der Waals surface area contributed by atoms with Crippen LogP contribution in [0.25, 0.3) is 0 Å². The Kier molecular flexibility index (Phi) is 3.67. The molecular formula is C9H17ClO. The minimum Gasteiger partial charge on any atom is -0.368 e. The molecule has 0 aromatic carbocycles. The number of unbranched alkanes of at least 4 members (excludes halogenated alkanes) is 1. The Balaban J connectivity index is 2.07. The van der Waals surface area contributed by atoms with Gasteiger partial charge in [-0.2, -0.15) is 0 Å². The Morgan fingerprint density at radius 1 is 1.45 bits per heavy atom. The Labute approximate surface area is 74.1 Å². The normalized spacial score (nSPS) is 31.9. The zero-order valence-corrected chi connectivity index (χ0v) is 8.10. The van der Waals surface area contributed by atoms with Crippen molar-refractivity contribution in [1.29, 1.82) is 0 Å². The van der Waals surface area contributed by atoms with E-state index in [9.17, 15) is 0 Å². The molecule has 1 fully saturated rings. The van der Waals surface area contributed by atoms with Crippen LogP contribution < -0.4 is 0 Å². The second kappa shape index (κ2) is 4.32. The van der Waals surface area contributed by atoms with Crippen molar-refractivity contribution >= 4 is 11.6 Å². The van der Waals surface area contributed by atoms with Crippen molar-refractivity contribution in [2.24, 2.45) is 0 Å². The predicted octanol–water partition coefficient (Wildman–Crippen LogP) is 2.96. The van der Waals surface area contributed by atoms with Gasteiger partial charge in [-0.15, -0.1) is 11.6 Å². The van der Waals surface area contributed by atoms with Gasteiger partial charge in [-0.05, 0) is 12.8 Å².